The van der Waals surface area contributed by atoms with Gasteiger partial charge < -0.3 is 57.6 Å². The van der Waals surface area contributed by atoms with Crippen molar-refractivity contribution in [1.29, 1.82) is 0 Å². The van der Waals surface area contributed by atoms with Crippen molar-refractivity contribution in [2.24, 2.45) is 34.6 Å². The lowest BCUT2D eigenvalue weighted by atomic mass is 9.62. The highest BCUT2D eigenvalue weighted by molar-refractivity contribution is 7.90. The van der Waals surface area contributed by atoms with Crippen LogP contribution in [0.4, 0.5) is 5.69 Å². The summed E-state index contributed by atoms with van der Waals surface area (Å²) < 4.78 is 46.3. The number of carbonyl (C=O) groups excluding carboxylic acids is 6. The number of imide groups is 1. The van der Waals surface area contributed by atoms with E-state index in [2.05, 4.69) is 97.2 Å². The van der Waals surface area contributed by atoms with Crippen LogP contribution in [0, 0.1) is 23.2 Å². The number of nitrogens with two attached hydrogens (primary N) is 2. The maximum atomic E-state index is 14.2. The summed E-state index contributed by atoms with van der Waals surface area (Å²) >= 11 is 0. The van der Waals surface area contributed by atoms with E-state index in [4.69, 9.17) is 25.7 Å². The Hall–Kier alpha value is -6.37. The Kier molecular flexibility index (Phi) is 29.7. The number of amides is 6. The molecule has 0 spiro atoms. The molecule has 0 aliphatic carbocycles. The predicted molar refractivity (Wildman–Crippen MR) is 336 cm³/mol. The number of benzene rings is 3. The second-order valence-electron chi connectivity index (χ2n) is 23.9. The number of unbranched alkanes of at least 4 members (excludes halogenated alkanes) is 1. The summed E-state index contributed by atoms with van der Waals surface area (Å²) in [4.78, 5) is 78.6. The molecule has 0 saturated heterocycles. The number of hydrogen-bond acceptors (Lipinski definition) is 16. The fourth-order valence-corrected chi connectivity index (χ4v) is 11.9. The molecule has 21 nitrogen and oxygen atoms in total. The molecule has 86 heavy (non-hydrogen) atoms. The summed E-state index contributed by atoms with van der Waals surface area (Å²) in [5.41, 5.74) is 15.4. The van der Waals surface area contributed by atoms with Crippen LogP contribution in [0.5, 0.6) is 0 Å². The van der Waals surface area contributed by atoms with Crippen molar-refractivity contribution >= 4 is 51.2 Å². The molecule has 3 aromatic rings. The van der Waals surface area contributed by atoms with Crippen LogP contribution < -0.4 is 48.1 Å². The molecule has 0 aromatic heterocycles. The second kappa shape index (κ2) is 35.4. The van der Waals surface area contributed by atoms with Gasteiger partial charge in [-0.05, 0) is 106 Å². The molecule has 11 N–H and O–H groups in total. The number of sulfonamides is 1. The molecule has 1 heterocycles. The van der Waals surface area contributed by atoms with Gasteiger partial charge >= 0.3 is 0 Å². The Morgan fingerprint density at radius 3 is 1.86 bits per heavy atom. The summed E-state index contributed by atoms with van der Waals surface area (Å²) in [7, 11) is -0.470. The monoisotopic (exact) mass is 1210 g/mol. The van der Waals surface area contributed by atoms with Crippen LogP contribution in [0.15, 0.2) is 114 Å². The van der Waals surface area contributed by atoms with Crippen LogP contribution in [0.2, 0.25) is 0 Å². The van der Waals surface area contributed by atoms with E-state index in [9.17, 15) is 37.2 Å². The second-order valence-corrected chi connectivity index (χ2v) is 25.6. The van der Waals surface area contributed by atoms with Crippen molar-refractivity contribution < 1.29 is 51.4 Å². The number of nitrogens with one attached hydrogen (secondary N) is 7. The number of nitrogens with zero attached hydrogens (tertiary/aromatic N) is 1. The number of anilines is 1. The van der Waals surface area contributed by atoms with Crippen molar-refractivity contribution in [1.82, 2.24) is 36.2 Å². The first-order valence-corrected chi connectivity index (χ1v) is 31.4. The molecule has 4 rings (SSSR count). The van der Waals surface area contributed by atoms with E-state index in [0.717, 1.165) is 16.0 Å². The van der Waals surface area contributed by atoms with Gasteiger partial charge in [0.1, 0.15) is 12.1 Å². The van der Waals surface area contributed by atoms with E-state index in [1.165, 1.54) is 31.2 Å². The number of hydrogen-bond donors (Lipinski definition) is 9. The minimum absolute atomic E-state index is 0.0266. The third-order valence-corrected chi connectivity index (χ3v) is 17.0. The van der Waals surface area contributed by atoms with Crippen molar-refractivity contribution in [2.45, 2.75) is 141 Å². The topological polar surface area (TPSA) is 304 Å². The van der Waals surface area contributed by atoms with Crippen LogP contribution in [0.3, 0.4) is 0 Å². The zero-order valence-corrected chi connectivity index (χ0v) is 53.2. The van der Waals surface area contributed by atoms with Gasteiger partial charge in [-0.3, -0.25) is 33.7 Å². The molecule has 22 heteroatoms. The average Bonchev–Trinajstić information content (AvgIpc) is 1.31. The molecule has 1 aliphatic heterocycles. The van der Waals surface area contributed by atoms with E-state index >= 15 is 0 Å². The van der Waals surface area contributed by atoms with E-state index < -0.39 is 51.8 Å². The summed E-state index contributed by atoms with van der Waals surface area (Å²) in [6.07, 6.45) is 6.36. The molecule has 3 aromatic carbocycles. The molecule has 8 atom stereocenters. The first-order chi connectivity index (χ1) is 40.7. The smallest absolute Gasteiger partial charge is 0.264 e. The van der Waals surface area contributed by atoms with Crippen molar-refractivity contribution in [3.63, 3.8) is 0 Å². The fraction of sp³-hybridized carbons (Fsp3) is 0.562. The molecule has 0 saturated carbocycles. The summed E-state index contributed by atoms with van der Waals surface area (Å²) in [6, 6.07) is 22.4. The highest BCUT2D eigenvalue weighted by atomic mass is 32.2. The fourth-order valence-electron chi connectivity index (χ4n) is 10.9. The third kappa shape index (κ3) is 22.7. The molecule has 0 radical (unpaired) electrons. The Morgan fingerprint density at radius 1 is 0.721 bits per heavy atom. The van der Waals surface area contributed by atoms with Gasteiger partial charge in [0.05, 0.1) is 51.1 Å². The number of carbonyl (C=O) groups is 6. The summed E-state index contributed by atoms with van der Waals surface area (Å²) in [5, 5.41) is 19.0. The van der Waals surface area contributed by atoms with Gasteiger partial charge in [-0.2, -0.15) is 0 Å². The standard InChI is InChI=1S/C64H98N10O11S/c1-43(2)51(58(67-10)56(63(5,6)7)57(66)59(68-11)64(8,9)47-22-16-13-17-23-47)40-44(3)60(78)73-86(81,82)50-27-25-48(26-28-50)69-42-49(24-18-19-32-65)71-62(80)52(41-46-20-14-12-15-21-46)72-61(79)45(4)70-53(75)31-34-83-36-38-85-39-37-84-35-33-74-54(76)29-30-55(74)77/h12-17,20-23,25-30,40,43,45,49,51-52,56-59,67-69H,18-19,24,31-39,41-42,65-66H2,1-11H3,(H,70,75)(H,71,80)(H,72,79)(H,73,78)/b44-40+/t45-,49-,51-,52+,56-,57?,58?,59-/m1/s1. The zero-order valence-electron chi connectivity index (χ0n) is 52.4. The highest BCUT2D eigenvalue weighted by Crippen LogP contribution is 2.41. The maximum absolute atomic E-state index is 14.2. The SMILES string of the molecule is CNC([C@H](/C=C(\C)C(=O)NS(=O)(=O)c1ccc(NC[C@@H](CCCCN)NC(=O)[C@H](Cc2ccccc2)NC(=O)[C@@H](C)NC(=O)CCOCCOCCOCCN2C(=O)C=CC2=O)cc1)C(C)C)[C@@H](C(N)[C@@H](NC)C(C)(C)c1ccccc1)C(C)(C)C. The minimum atomic E-state index is -4.31. The molecule has 1 aliphatic rings. The third-order valence-electron chi connectivity index (χ3n) is 15.7. The molecule has 6 amide bonds. The van der Waals surface area contributed by atoms with Crippen LogP contribution in [-0.4, -0.2) is 158 Å². The van der Waals surface area contributed by atoms with E-state index in [-0.39, 0.29) is 135 Å². The van der Waals surface area contributed by atoms with Crippen molar-refractivity contribution in [3.05, 3.63) is 120 Å². The highest BCUT2D eigenvalue weighted by Gasteiger charge is 2.46. The van der Waals surface area contributed by atoms with Crippen LogP contribution >= 0.6 is 0 Å². The Balaban J connectivity index is 1.35. The Morgan fingerprint density at radius 2 is 1.30 bits per heavy atom. The van der Waals surface area contributed by atoms with Crippen LogP contribution in [0.25, 0.3) is 0 Å². The van der Waals surface area contributed by atoms with E-state index in [0.29, 0.717) is 31.5 Å². The number of likely N-dealkylation sites (N-methyl/N-ethyl adjacent to an activating group) is 1. The van der Waals surface area contributed by atoms with E-state index in [1.807, 2.05) is 68.7 Å². The zero-order chi connectivity index (χ0) is 63.6. The molecule has 2 unspecified atom stereocenters. The molecular formula is C64H98N10O11S. The van der Waals surface area contributed by atoms with Crippen molar-refractivity contribution in [3.8, 4) is 0 Å². The molecule has 0 fully saturated rings. The van der Waals surface area contributed by atoms with Crippen LogP contribution in [-0.2, 0) is 64.8 Å². The predicted octanol–water partition coefficient (Wildman–Crippen LogP) is 4.48. The van der Waals surface area contributed by atoms with Gasteiger partial charge in [0.25, 0.3) is 27.7 Å². The number of ether oxygens (including phenoxy) is 3. The molecule has 0 bridgehead atoms. The lowest BCUT2D eigenvalue weighted by molar-refractivity contribution is -0.137. The Bertz CT molecular complexity index is 2780. The Labute approximate surface area is 510 Å². The van der Waals surface area contributed by atoms with Crippen LogP contribution in [0.1, 0.15) is 99.1 Å². The van der Waals surface area contributed by atoms with Gasteiger partial charge in [-0.15, -0.1) is 0 Å². The van der Waals surface area contributed by atoms with Gasteiger partial charge in [-0.1, -0.05) is 122 Å². The summed E-state index contributed by atoms with van der Waals surface area (Å²) in [5.74, 6) is -3.20. The minimum Gasteiger partial charge on any atom is -0.383 e. The van der Waals surface area contributed by atoms with Crippen molar-refractivity contribution in [2.75, 3.05) is 78.7 Å². The van der Waals surface area contributed by atoms with Gasteiger partial charge in [-0.25, -0.2) is 13.1 Å². The van der Waals surface area contributed by atoms with E-state index in [1.54, 1.807) is 19.1 Å². The summed E-state index contributed by atoms with van der Waals surface area (Å²) in [6.45, 7) is 20.3. The lowest BCUT2D eigenvalue weighted by Crippen LogP contribution is -2.64. The molecule has 476 valence electrons. The quantitative estimate of drug-likeness (QED) is 0.0216. The number of rotatable bonds is 39. The van der Waals surface area contributed by atoms with Gasteiger partial charge in [0.15, 0.2) is 0 Å². The maximum Gasteiger partial charge on any atom is 0.264 e. The lowest BCUT2D eigenvalue weighted by Gasteiger charge is -2.50. The van der Waals surface area contributed by atoms with Gasteiger partial charge in [0, 0.05) is 72.4 Å². The normalized spacial score (nSPS) is 16.0. The molecular weight excluding hydrogens is 1120 g/mol. The largest absolute Gasteiger partial charge is 0.383 e. The van der Waals surface area contributed by atoms with Gasteiger partial charge in [0.2, 0.25) is 17.7 Å². The first kappa shape index (κ1) is 72.1. The first-order valence-electron chi connectivity index (χ1n) is 29.9. The average molecular weight is 1220 g/mol.